The third-order valence-corrected chi connectivity index (χ3v) is 4.38. The SMILES string of the molecule is CN1CCC(n2cc(C(N)=O)c3ccc([N+](=O)[O-])cc32)CC1. The predicted molar refractivity (Wildman–Crippen MR) is 82.9 cm³/mol. The number of likely N-dealkylation sites (tertiary alicyclic amines) is 1. The molecule has 1 aliphatic rings. The molecule has 2 N–H and O–H groups in total. The highest BCUT2D eigenvalue weighted by Crippen LogP contribution is 2.32. The maximum Gasteiger partial charge on any atom is 0.271 e. The maximum atomic E-state index is 11.6. The van der Waals surface area contributed by atoms with E-state index in [1.54, 1.807) is 12.3 Å². The molecule has 0 radical (unpaired) electrons. The number of non-ortho nitro benzene ring substituents is 1. The molecule has 0 aliphatic carbocycles. The number of nitro benzene ring substituents is 1. The van der Waals surface area contributed by atoms with E-state index in [1.165, 1.54) is 12.1 Å². The summed E-state index contributed by atoms with van der Waals surface area (Å²) in [6, 6.07) is 4.78. The summed E-state index contributed by atoms with van der Waals surface area (Å²) in [5, 5.41) is 11.7. The predicted octanol–water partition coefficient (Wildman–Crippen LogP) is 1.92. The number of hydrogen-bond acceptors (Lipinski definition) is 4. The maximum absolute atomic E-state index is 11.6. The number of amides is 1. The molecular weight excluding hydrogens is 284 g/mol. The number of aromatic nitrogens is 1. The second kappa shape index (κ2) is 5.42. The normalized spacial score (nSPS) is 17.0. The number of benzene rings is 1. The van der Waals surface area contributed by atoms with Gasteiger partial charge in [-0.25, -0.2) is 0 Å². The standard InChI is InChI=1S/C15H18N4O3/c1-17-6-4-10(5-7-17)18-9-13(15(16)20)12-3-2-11(19(21)22)8-14(12)18/h2-3,8-10H,4-7H2,1H3,(H2,16,20). The zero-order valence-electron chi connectivity index (χ0n) is 12.4. The van der Waals surface area contributed by atoms with Crippen molar-refractivity contribution in [1.82, 2.24) is 9.47 Å². The lowest BCUT2D eigenvalue weighted by Crippen LogP contribution is -2.31. The molecule has 3 rings (SSSR count). The van der Waals surface area contributed by atoms with Crippen molar-refractivity contribution in [3.63, 3.8) is 0 Å². The summed E-state index contributed by atoms with van der Waals surface area (Å²) in [7, 11) is 2.07. The largest absolute Gasteiger partial charge is 0.366 e. The van der Waals surface area contributed by atoms with Gasteiger partial charge in [0.15, 0.2) is 0 Å². The number of carbonyl (C=O) groups excluding carboxylic acids is 1. The smallest absolute Gasteiger partial charge is 0.271 e. The van der Waals surface area contributed by atoms with Crippen LogP contribution in [0.1, 0.15) is 29.2 Å². The molecule has 116 valence electrons. The van der Waals surface area contributed by atoms with Crippen LogP contribution in [0.2, 0.25) is 0 Å². The Morgan fingerprint density at radius 2 is 2.05 bits per heavy atom. The Morgan fingerprint density at radius 3 is 2.64 bits per heavy atom. The summed E-state index contributed by atoms with van der Waals surface area (Å²) in [6.45, 7) is 1.93. The van der Waals surface area contributed by atoms with Gasteiger partial charge in [-0.2, -0.15) is 0 Å². The molecule has 1 aliphatic heterocycles. The highest BCUT2D eigenvalue weighted by molar-refractivity contribution is 6.06. The van der Waals surface area contributed by atoms with Crippen LogP contribution in [-0.4, -0.2) is 40.4 Å². The van der Waals surface area contributed by atoms with E-state index in [2.05, 4.69) is 11.9 Å². The van der Waals surface area contributed by atoms with Crippen molar-refractivity contribution < 1.29 is 9.72 Å². The molecule has 22 heavy (non-hydrogen) atoms. The van der Waals surface area contributed by atoms with Crippen molar-refractivity contribution in [3.8, 4) is 0 Å². The summed E-state index contributed by atoms with van der Waals surface area (Å²) in [5.41, 5.74) is 6.60. The van der Waals surface area contributed by atoms with Gasteiger partial charge < -0.3 is 15.2 Å². The molecular formula is C15H18N4O3. The Bertz CT molecular complexity index is 745. The van der Waals surface area contributed by atoms with Crippen LogP contribution in [-0.2, 0) is 0 Å². The zero-order chi connectivity index (χ0) is 15.9. The Kier molecular flexibility index (Phi) is 3.58. The van der Waals surface area contributed by atoms with E-state index in [4.69, 9.17) is 5.73 Å². The van der Waals surface area contributed by atoms with Crippen LogP contribution in [0.5, 0.6) is 0 Å². The fraction of sp³-hybridized carbons (Fsp3) is 0.400. The Hall–Kier alpha value is -2.41. The van der Waals surface area contributed by atoms with E-state index in [0.717, 1.165) is 25.9 Å². The monoisotopic (exact) mass is 302 g/mol. The molecule has 0 bridgehead atoms. The Morgan fingerprint density at radius 1 is 1.36 bits per heavy atom. The minimum atomic E-state index is -0.509. The number of fused-ring (bicyclic) bond motifs is 1. The molecule has 2 heterocycles. The van der Waals surface area contributed by atoms with Crippen LogP contribution in [0.4, 0.5) is 5.69 Å². The average molecular weight is 302 g/mol. The summed E-state index contributed by atoms with van der Waals surface area (Å²) >= 11 is 0. The minimum Gasteiger partial charge on any atom is -0.366 e. The van der Waals surface area contributed by atoms with Crippen molar-refractivity contribution in [3.05, 3.63) is 40.1 Å². The van der Waals surface area contributed by atoms with Crippen molar-refractivity contribution in [2.24, 2.45) is 5.73 Å². The van der Waals surface area contributed by atoms with Gasteiger partial charge in [-0.3, -0.25) is 14.9 Å². The molecule has 7 heteroatoms. The molecule has 1 amide bonds. The first-order chi connectivity index (χ1) is 10.5. The highest BCUT2D eigenvalue weighted by atomic mass is 16.6. The third-order valence-electron chi connectivity index (χ3n) is 4.38. The lowest BCUT2D eigenvalue weighted by Gasteiger charge is -2.30. The van der Waals surface area contributed by atoms with E-state index in [9.17, 15) is 14.9 Å². The van der Waals surface area contributed by atoms with Crippen LogP contribution in [0.25, 0.3) is 10.9 Å². The molecule has 7 nitrogen and oxygen atoms in total. The molecule has 1 fully saturated rings. The molecule has 0 atom stereocenters. The number of rotatable bonds is 3. The Labute approximate surface area is 127 Å². The van der Waals surface area contributed by atoms with E-state index in [-0.39, 0.29) is 11.7 Å². The van der Waals surface area contributed by atoms with Gasteiger partial charge in [0.25, 0.3) is 11.6 Å². The summed E-state index contributed by atoms with van der Waals surface area (Å²) in [6.07, 6.45) is 3.63. The van der Waals surface area contributed by atoms with Gasteiger partial charge in [-0.05, 0) is 39.0 Å². The fourth-order valence-electron chi connectivity index (χ4n) is 3.12. The van der Waals surface area contributed by atoms with Gasteiger partial charge in [0.05, 0.1) is 16.0 Å². The second-order valence-electron chi connectivity index (χ2n) is 5.81. The molecule has 2 aromatic rings. The second-order valence-corrected chi connectivity index (χ2v) is 5.81. The molecule has 1 saturated heterocycles. The third kappa shape index (κ3) is 2.43. The minimum absolute atomic E-state index is 0.0239. The Balaban J connectivity index is 2.13. The number of primary amides is 1. The van der Waals surface area contributed by atoms with E-state index < -0.39 is 10.8 Å². The van der Waals surface area contributed by atoms with E-state index in [0.29, 0.717) is 16.5 Å². The number of carbonyl (C=O) groups is 1. The summed E-state index contributed by atoms with van der Waals surface area (Å²) in [5.74, 6) is -0.509. The van der Waals surface area contributed by atoms with Gasteiger partial charge in [0.2, 0.25) is 0 Å². The van der Waals surface area contributed by atoms with Gasteiger partial charge in [0.1, 0.15) is 0 Å². The van der Waals surface area contributed by atoms with Crippen LogP contribution in [0.15, 0.2) is 24.4 Å². The van der Waals surface area contributed by atoms with Gasteiger partial charge >= 0.3 is 0 Å². The molecule has 1 aromatic carbocycles. The number of piperidine rings is 1. The first-order valence-electron chi connectivity index (χ1n) is 7.24. The number of nitrogens with two attached hydrogens (primary N) is 1. The van der Waals surface area contributed by atoms with Crippen LogP contribution >= 0.6 is 0 Å². The van der Waals surface area contributed by atoms with Gasteiger partial charge in [-0.1, -0.05) is 0 Å². The van der Waals surface area contributed by atoms with Crippen molar-refractivity contribution >= 4 is 22.5 Å². The van der Waals surface area contributed by atoms with E-state index >= 15 is 0 Å². The number of hydrogen-bond donors (Lipinski definition) is 1. The summed E-state index contributed by atoms with van der Waals surface area (Å²) in [4.78, 5) is 24.5. The van der Waals surface area contributed by atoms with Crippen LogP contribution < -0.4 is 5.73 Å². The van der Waals surface area contributed by atoms with Crippen molar-refractivity contribution in [2.75, 3.05) is 20.1 Å². The topological polar surface area (TPSA) is 94.4 Å². The quantitative estimate of drug-likeness (QED) is 0.692. The first-order valence-corrected chi connectivity index (χ1v) is 7.24. The fourth-order valence-corrected chi connectivity index (χ4v) is 3.12. The van der Waals surface area contributed by atoms with Crippen molar-refractivity contribution in [2.45, 2.75) is 18.9 Å². The average Bonchev–Trinajstić information content (AvgIpc) is 2.87. The summed E-state index contributed by atoms with van der Waals surface area (Å²) < 4.78 is 1.98. The van der Waals surface area contributed by atoms with Crippen molar-refractivity contribution in [1.29, 1.82) is 0 Å². The first kappa shape index (κ1) is 14.5. The van der Waals surface area contributed by atoms with E-state index in [1.807, 2.05) is 4.57 Å². The molecule has 0 unspecified atom stereocenters. The highest BCUT2D eigenvalue weighted by Gasteiger charge is 2.23. The molecule has 0 saturated carbocycles. The van der Waals surface area contributed by atoms with Gasteiger partial charge in [-0.15, -0.1) is 0 Å². The van der Waals surface area contributed by atoms with Crippen LogP contribution in [0, 0.1) is 10.1 Å². The molecule has 1 aromatic heterocycles. The molecule has 0 spiro atoms. The lowest BCUT2D eigenvalue weighted by molar-refractivity contribution is -0.384. The number of nitro groups is 1. The van der Waals surface area contributed by atoms with Crippen LogP contribution in [0.3, 0.4) is 0 Å². The number of nitrogens with zero attached hydrogens (tertiary/aromatic N) is 3. The zero-order valence-corrected chi connectivity index (χ0v) is 12.4. The lowest BCUT2D eigenvalue weighted by atomic mass is 10.1. The van der Waals surface area contributed by atoms with Gasteiger partial charge in [0, 0.05) is 29.8 Å².